The van der Waals surface area contributed by atoms with Crippen LogP contribution in [-0.2, 0) is 4.94 Å². The predicted molar refractivity (Wildman–Crippen MR) is 134 cm³/mol. The molecule has 2 bridgehead atoms. The van der Waals surface area contributed by atoms with Gasteiger partial charge in [0.05, 0.1) is 35.7 Å². The minimum absolute atomic E-state index is 0.462. The normalized spacial score (nSPS) is 26.4. The number of hydrogen-bond donors (Lipinski definition) is 3. The van der Waals surface area contributed by atoms with E-state index in [-0.39, 0.29) is 0 Å². The fraction of sp³-hybridized carbons (Fsp3) is 0.423. The summed E-state index contributed by atoms with van der Waals surface area (Å²) in [4.78, 5) is 12.2. The van der Waals surface area contributed by atoms with E-state index in [1.165, 1.54) is 18.4 Å². The molecule has 3 N–H and O–H groups in total. The second kappa shape index (κ2) is 9.44. The molecular formula is C26H30ClN5O3. The molecular weight excluding hydrogens is 466 g/mol. The van der Waals surface area contributed by atoms with Crippen LogP contribution >= 0.6 is 11.6 Å². The van der Waals surface area contributed by atoms with E-state index in [1.54, 1.807) is 18.4 Å². The van der Waals surface area contributed by atoms with Crippen LogP contribution in [0.2, 0.25) is 5.02 Å². The lowest BCUT2D eigenvalue weighted by atomic mass is 9.95. The van der Waals surface area contributed by atoms with Crippen LogP contribution in [0.15, 0.2) is 60.2 Å². The monoisotopic (exact) mass is 495 g/mol. The number of aromatic nitrogens is 1. The third kappa shape index (κ3) is 4.41. The molecule has 2 aromatic rings. The van der Waals surface area contributed by atoms with Gasteiger partial charge >= 0.3 is 0 Å². The standard InChI is InChI=1S/C26H30ClN5O3/c1-34-21-4-5-24-22(11-21)26(23(27)14-29-24)25(33)15-31-18-2-3-19(31)10-17(9-18)28-12-16-6-7-32-20(8-16)13-30-35-32/h4-8,11,13-14,17-19,25,28,30,33H,2-3,9-10,12,15H2,1H3. The van der Waals surface area contributed by atoms with E-state index in [0.717, 1.165) is 47.3 Å². The van der Waals surface area contributed by atoms with Crippen molar-refractivity contribution in [2.24, 2.45) is 0 Å². The lowest BCUT2D eigenvalue weighted by Gasteiger charge is -2.40. The van der Waals surface area contributed by atoms with Gasteiger partial charge in [-0.15, -0.1) is 0 Å². The van der Waals surface area contributed by atoms with Crippen LogP contribution in [0.5, 0.6) is 5.75 Å². The molecule has 8 nitrogen and oxygen atoms in total. The van der Waals surface area contributed by atoms with Crippen LogP contribution in [0, 0.1) is 0 Å². The first-order valence-corrected chi connectivity index (χ1v) is 12.6. The number of hydrogen-bond acceptors (Lipinski definition) is 8. The fourth-order valence-corrected chi connectivity index (χ4v) is 6.20. The maximum atomic E-state index is 11.3. The molecule has 9 heteroatoms. The highest BCUT2D eigenvalue weighted by molar-refractivity contribution is 6.32. The van der Waals surface area contributed by atoms with Gasteiger partial charge in [0.1, 0.15) is 5.75 Å². The number of nitrogens with zero attached hydrogens (tertiary/aromatic N) is 3. The molecule has 3 unspecified atom stereocenters. The highest BCUT2D eigenvalue weighted by atomic mass is 35.5. The molecule has 1 aromatic carbocycles. The summed E-state index contributed by atoms with van der Waals surface area (Å²) in [5.74, 6) is 0.727. The summed E-state index contributed by atoms with van der Waals surface area (Å²) >= 11 is 6.55. The van der Waals surface area contributed by atoms with Gasteiger partial charge in [0.15, 0.2) is 0 Å². The van der Waals surface area contributed by atoms with Gasteiger partial charge in [-0.25, -0.2) is 10.5 Å². The van der Waals surface area contributed by atoms with E-state index in [4.69, 9.17) is 21.3 Å². The van der Waals surface area contributed by atoms with E-state index in [1.807, 2.05) is 30.6 Å². The highest BCUT2D eigenvalue weighted by Gasteiger charge is 2.41. The molecule has 3 atom stereocenters. The Morgan fingerprint density at radius 2 is 2.14 bits per heavy atom. The first kappa shape index (κ1) is 22.8. The molecule has 0 spiro atoms. The van der Waals surface area contributed by atoms with Gasteiger partial charge in [-0.05, 0) is 61.6 Å². The lowest BCUT2D eigenvalue weighted by molar-refractivity contribution is -0.112. The number of rotatable bonds is 7. The topological polar surface area (TPSA) is 82.1 Å². The molecule has 5 heterocycles. The zero-order valence-electron chi connectivity index (χ0n) is 19.7. The van der Waals surface area contributed by atoms with Gasteiger partial charge in [0.2, 0.25) is 0 Å². The van der Waals surface area contributed by atoms with Gasteiger partial charge < -0.3 is 15.2 Å². The minimum Gasteiger partial charge on any atom is -0.497 e. The molecule has 0 aliphatic carbocycles. The van der Waals surface area contributed by atoms with Crippen LogP contribution in [-0.4, -0.2) is 58.4 Å². The Hall–Kier alpha value is -2.62. The van der Waals surface area contributed by atoms with Crippen molar-refractivity contribution in [2.75, 3.05) is 20.2 Å². The highest BCUT2D eigenvalue weighted by Crippen LogP contribution is 2.39. The van der Waals surface area contributed by atoms with Crippen molar-refractivity contribution in [1.82, 2.24) is 25.7 Å². The number of aliphatic hydroxyl groups excluding tert-OH is 1. The summed E-state index contributed by atoms with van der Waals surface area (Å²) in [6.07, 6.45) is 13.4. The van der Waals surface area contributed by atoms with E-state index < -0.39 is 6.10 Å². The van der Waals surface area contributed by atoms with E-state index in [0.29, 0.717) is 29.7 Å². The number of halogens is 1. The van der Waals surface area contributed by atoms with E-state index in [2.05, 4.69) is 32.8 Å². The van der Waals surface area contributed by atoms with Crippen molar-refractivity contribution < 1.29 is 14.8 Å². The van der Waals surface area contributed by atoms with Gasteiger partial charge in [-0.3, -0.25) is 9.88 Å². The van der Waals surface area contributed by atoms with Crippen molar-refractivity contribution >= 4 is 22.5 Å². The smallest absolute Gasteiger partial charge is 0.119 e. The van der Waals surface area contributed by atoms with Crippen molar-refractivity contribution in [1.29, 1.82) is 0 Å². The summed E-state index contributed by atoms with van der Waals surface area (Å²) in [6, 6.07) is 7.09. The summed E-state index contributed by atoms with van der Waals surface area (Å²) < 4.78 is 5.40. The minimum atomic E-state index is -0.691. The number of pyridine rings is 1. The number of benzene rings is 1. The zero-order chi connectivity index (χ0) is 23.9. The Morgan fingerprint density at radius 1 is 1.31 bits per heavy atom. The molecule has 4 aliphatic rings. The number of piperidine rings is 1. The van der Waals surface area contributed by atoms with Crippen LogP contribution < -0.4 is 15.5 Å². The van der Waals surface area contributed by atoms with Gasteiger partial charge in [0, 0.05) is 54.6 Å². The molecule has 6 rings (SSSR count). The zero-order valence-corrected chi connectivity index (χ0v) is 20.4. The summed E-state index contributed by atoms with van der Waals surface area (Å²) in [6.45, 7) is 1.40. The second-order valence-electron chi connectivity index (χ2n) is 9.69. The van der Waals surface area contributed by atoms with Crippen molar-refractivity contribution in [3.63, 3.8) is 0 Å². The van der Waals surface area contributed by atoms with Crippen LogP contribution in [0.25, 0.3) is 10.9 Å². The Bertz CT molecular complexity index is 1200. The molecule has 2 saturated heterocycles. The number of aliphatic hydroxyl groups is 1. The third-order valence-corrected chi connectivity index (χ3v) is 7.94. The number of allylic oxidation sites excluding steroid dienone is 1. The first-order valence-electron chi connectivity index (χ1n) is 12.2. The molecule has 35 heavy (non-hydrogen) atoms. The maximum absolute atomic E-state index is 11.3. The quantitative estimate of drug-likeness (QED) is 0.538. The predicted octanol–water partition coefficient (Wildman–Crippen LogP) is 3.56. The molecule has 2 fully saturated rings. The Balaban J connectivity index is 1.12. The van der Waals surface area contributed by atoms with Gasteiger partial charge in [0.25, 0.3) is 0 Å². The molecule has 1 aromatic heterocycles. The molecule has 4 aliphatic heterocycles. The fourth-order valence-electron chi connectivity index (χ4n) is 5.92. The first-order chi connectivity index (χ1) is 17.1. The van der Waals surface area contributed by atoms with Gasteiger partial charge in [-0.1, -0.05) is 11.6 Å². The lowest BCUT2D eigenvalue weighted by Crippen LogP contribution is -2.50. The largest absolute Gasteiger partial charge is 0.497 e. The number of fused-ring (bicyclic) bond motifs is 4. The van der Waals surface area contributed by atoms with Crippen molar-refractivity contribution in [3.05, 3.63) is 70.8 Å². The number of ether oxygens (including phenoxy) is 1. The average molecular weight is 496 g/mol. The number of hydroxylamine groups is 3. The number of methoxy groups -OCH3 is 1. The Kier molecular flexibility index (Phi) is 6.16. The molecule has 0 radical (unpaired) electrons. The molecule has 184 valence electrons. The Morgan fingerprint density at radius 3 is 2.94 bits per heavy atom. The van der Waals surface area contributed by atoms with Crippen LogP contribution in [0.1, 0.15) is 37.4 Å². The average Bonchev–Trinajstić information content (AvgIpc) is 3.42. The van der Waals surface area contributed by atoms with Crippen molar-refractivity contribution in [3.8, 4) is 5.75 Å². The summed E-state index contributed by atoms with van der Waals surface area (Å²) in [5.41, 5.74) is 6.55. The van der Waals surface area contributed by atoms with Crippen LogP contribution in [0.4, 0.5) is 0 Å². The van der Waals surface area contributed by atoms with E-state index >= 15 is 0 Å². The van der Waals surface area contributed by atoms with Gasteiger partial charge in [-0.2, -0.15) is 4.94 Å². The van der Waals surface area contributed by atoms with Crippen molar-refractivity contribution in [2.45, 2.75) is 49.9 Å². The third-order valence-electron chi connectivity index (χ3n) is 7.63. The summed E-state index contributed by atoms with van der Waals surface area (Å²) in [5, 5.41) is 18.2. The molecule has 0 saturated carbocycles. The maximum Gasteiger partial charge on any atom is 0.119 e. The summed E-state index contributed by atoms with van der Waals surface area (Å²) in [7, 11) is 1.64. The SMILES string of the molecule is COc1ccc2ncc(Cl)c(C(O)CN3C4CCC3CC(NCC3=CC5=CNON5C=C3)C4)c2c1. The van der Waals surface area contributed by atoms with Crippen LogP contribution in [0.3, 0.4) is 0 Å². The Labute approximate surface area is 209 Å². The molecule has 0 amide bonds. The second-order valence-corrected chi connectivity index (χ2v) is 10.1. The van der Waals surface area contributed by atoms with E-state index in [9.17, 15) is 5.11 Å². The number of nitrogens with one attached hydrogen (secondary N) is 2.